The predicted molar refractivity (Wildman–Crippen MR) is 93.8 cm³/mol. The third kappa shape index (κ3) is 3.71. The number of cyclic esters (lactones) is 1. The van der Waals surface area contributed by atoms with Gasteiger partial charge in [0, 0.05) is 10.0 Å². The Labute approximate surface area is 143 Å². The molecule has 0 saturated carbocycles. The van der Waals surface area contributed by atoms with Gasteiger partial charge in [0.1, 0.15) is 11.5 Å². The molecule has 0 atom stereocenters. The van der Waals surface area contributed by atoms with Gasteiger partial charge in [-0.3, -0.25) is 0 Å². The molecule has 2 aromatic carbocycles. The maximum absolute atomic E-state index is 12.0. The van der Waals surface area contributed by atoms with Gasteiger partial charge in [0.15, 0.2) is 0 Å². The van der Waals surface area contributed by atoms with Crippen molar-refractivity contribution in [2.24, 2.45) is 0 Å². The van der Waals surface area contributed by atoms with Crippen LogP contribution in [0.25, 0.3) is 11.8 Å². The van der Waals surface area contributed by atoms with E-state index in [0.29, 0.717) is 17.9 Å². The number of rotatable bonds is 4. The lowest BCUT2D eigenvalue weighted by Crippen LogP contribution is -1.97. The second-order valence-corrected chi connectivity index (χ2v) is 5.92. The lowest BCUT2D eigenvalue weighted by atomic mass is 10.1. The first-order valence-corrected chi connectivity index (χ1v) is 8.09. The SMILES string of the molecule is CCOc1ccc(/C=C2/C=C(c3ccc(Br)cc3)OC2=O)cc1. The molecule has 0 N–H and O–H groups in total. The van der Waals surface area contributed by atoms with Crippen LogP contribution in [0, 0.1) is 0 Å². The largest absolute Gasteiger partial charge is 0.494 e. The van der Waals surface area contributed by atoms with Crippen LogP contribution in [-0.2, 0) is 9.53 Å². The highest BCUT2D eigenvalue weighted by atomic mass is 79.9. The summed E-state index contributed by atoms with van der Waals surface area (Å²) in [7, 11) is 0. The molecular weight excluding hydrogens is 356 g/mol. The zero-order valence-corrected chi connectivity index (χ0v) is 14.2. The van der Waals surface area contributed by atoms with Crippen molar-refractivity contribution >= 4 is 33.7 Å². The predicted octanol–water partition coefficient (Wildman–Crippen LogP) is 4.83. The fourth-order valence-corrected chi connectivity index (χ4v) is 2.52. The van der Waals surface area contributed by atoms with E-state index in [2.05, 4.69) is 15.9 Å². The summed E-state index contributed by atoms with van der Waals surface area (Å²) in [5.41, 5.74) is 2.33. The molecule has 0 spiro atoms. The van der Waals surface area contributed by atoms with Gasteiger partial charge in [-0.15, -0.1) is 0 Å². The standard InChI is InChI=1S/C19H15BrO3/c1-2-22-17-9-3-13(4-10-17)11-15-12-18(23-19(15)21)14-5-7-16(20)8-6-14/h3-12H,2H2,1H3/b15-11-. The van der Waals surface area contributed by atoms with Gasteiger partial charge in [0.2, 0.25) is 0 Å². The van der Waals surface area contributed by atoms with E-state index >= 15 is 0 Å². The third-order valence-corrected chi connectivity index (χ3v) is 3.90. The molecule has 4 heteroatoms. The van der Waals surface area contributed by atoms with Crippen molar-refractivity contribution in [3.8, 4) is 5.75 Å². The summed E-state index contributed by atoms with van der Waals surface area (Å²) < 4.78 is 11.7. The lowest BCUT2D eigenvalue weighted by molar-refractivity contribution is -0.130. The van der Waals surface area contributed by atoms with Crippen molar-refractivity contribution < 1.29 is 14.3 Å². The molecule has 0 saturated heterocycles. The number of carbonyl (C=O) groups is 1. The number of carbonyl (C=O) groups excluding carboxylic acids is 1. The molecule has 2 aromatic rings. The van der Waals surface area contributed by atoms with Gasteiger partial charge < -0.3 is 9.47 Å². The molecule has 1 aliphatic heterocycles. The average molecular weight is 371 g/mol. The van der Waals surface area contributed by atoms with Gasteiger partial charge in [-0.2, -0.15) is 0 Å². The molecule has 3 rings (SSSR count). The van der Waals surface area contributed by atoms with Crippen molar-refractivity contribution in [2.75, 3.05) is 6.61 Å². The Kier molecular flexibility index (Phi) is 4.63. The summed E-state index contributed by atoms with van der Waals surface area (Å²) in [5, 5.41) is 0. The van der Waals surface area contributed by atoms with Crippen molar-refractivity contribution in [2.45, 2.75) is 6.92 Å². The highest BCUT2D eigenvalue weighted by Gasteiger charge is 2.21. The minimum Gasteiger partial charge on any atom is -0.494 e. The van der Waals surface area contributed by atoms with Crippen LogP contribution in [0.2, 0.25) is 0 Å². The molecule has 1 aliphatic rings. The minimum atomic E-state index is -0.336. The van der Waals surface area contributed by atoms with E-state index in [1.54, 1.807) is 6.08 Å². The highest BCUT2D eigenvalue weighted by molar-refractivity contribution is 9.10. The third-order valence-electron chi connectivity index (χ3n) is 3.37. The summed E-state index contributed by atoms with van der Waals surface area (Å²) in [4.78, 5) is 12.0. The van der Waals surface area contributed by atoms with E-state index < -0.39 is 0 Å². The Balaban J connectivity index is 1.84. The van der Waals surface area contributed by atoms with Crippen molar-refractivity contribution in [3.05, 3.63) is 75.8 Å². The summed E-state index contributed by atoms with van der Waals surface area (Å²) in [5.74, 6) is 1.05. The number of halogens is 1. The smallest absolute Gasteiger partial charge is 0.343 e. The average Bonchev–Trinajstić information content (AvgIpc) is 2.91. The lowest BCUT2D eigenvalue weighted by Gasteiger charge is -2.02. The van der Waals surface area contributed by atoms with E-state index in [-0.39, 0.29) is 5.97 Å². The number of benzene rings is 2. The number of hydrogen-bond donors (Lipinski definition) is 0. The van der Waals surface area contributed by atoms with Crippen LogP contribution in [0.1, 0.15) is 18.1 Å². The van der Waals surface area contributed by atoms with Gasteiger partial charge in [-0.1, -0.05) is 40.2 Å². The molecule has 3 nitrogen and oxygen atoms in total. The van der Waals surface area contributed by atoms with E-state index in [0.717, 1.165) is 21.3 Å². The molecule has 0 amide bonds. The first-order chi connectivity index (χ1) is 11.2. The normalized spacial score (nSPS) is 15.5. The topological polar surface area (TPSA) is 35.5 Å². The fraction of sp³-hybridized carbons (Fsp3) is 0.105. The van der Waals surface area contributed by atoms with Crippen molar-refractivity contribution in [1.82, 2.24) is 0 Å². The summed E-state index contributed by atoms with van der Waals surface area (Å²) >= 11 is 3.39. The van der Waals surface area contributed by atoms with Crippen molar-refractivity contribution in [1.29, 1.82) is 0 Å². The van der Waals surface area contributed by atoms with Crippen LogP contribution in [0.15, 0.2) is 64.7 Å². The number of esters is 1. The van der Waals surface area contributed by atoms with Gasteiger partial charge >= 0.3 is 5.97 Å². The van der Waals surface area contributed by atoms with Gasteiger partial charge in [-0.05, 0) is 48.9 Å². The van der Waals surface area contributed by atoms with Crippen LogP contribution in [0.5, 0.6) is 5.75 Å². The van der Waals surface area contributed by atoms with Gasteiger partial charge in [0.05, 0.1) is 12.2 Å². The van der Waals surface area contributed by atoms with Crippen LogP contribution in [-0.4, -0.2) is 12.6 Å². The second kappa shape index (κ2) is 6.84. The maximum Gasteiger partial charge on any atom is 0.343 e. The molecule has 116 valence electrons. The Bertz CT molecular complexity index is 771. The van der Waals surface area contributed by atoms with Gasteiger partial charge in [0.25, 0.3) is 0 Å². The summed E-state index contributed by atoms with van der Waals surface area (Å²) in [6.07, 6.45) is 3.58. The molecule has 0 aromatic heterocycles. The first kappa shape index (κ1) is 15.6. The molecule has 23 heavy (non-hydrogen) atoms. The molecule has 0 bridgehead atoms. The monoisotopic (exact) mass is 370 g/mol. The zero-order valence-electron chi connectivity index (χ0n) is 12.6. The van der Waals surface area contributed by atoms with Gasteiger partial charge in [-0.25, -0.2) is 4.79 Å². The molecule has 0 radical (unpaired) electrons. The Hall–Kier alpha value is -2.33. The number of hydrogen-bond acceptors (Lipinski definition) is 3. The Morgan fingerprint density at radius 2 is 1.78 bits per heavy atom. The van der Waals surface area contributed by atoms with Crippen LogP contribution < -0.4 is 4.74 Å². The summed E-state index contributed by atoms with van der Waals surface area (Å²) in [6.45, 7) is 2.57. The quantitative estimate of drug-likeness (QED) is 0.571. The minimum absolute atomic E-state index is 0.336. The van der Waals surface area contributed by atoms with Crippen LogP contribution in [0.4, 0.5) is 0 Å². The van der Waals surface area contributed by atoms with Crippen LogP contribution in [0.3, 0.4) is 0 Å². The Morgan fingerprint density at radius 1 is 1.09 bits per heavy atom. The molecule has 0 fully saturated rings. The van der Waals surface area contributed by atoms with E-state index in [4.69, 9.17) is 9.47 Å². The maximum atomic E-state index is 12.0. The second-order valence-electron chi connectivity index (χ2n) is 5.01. The van der Waals surface area contributed by atoms with E-state index in [9.17, 15) is 4.79 Å². The molecule has 0 unspecified atom stereocenters. The van der Waals surface area contributed by atoms with E-state index in [1.807, 2.05) is 61.5 Å². The van der Waals surface area contributed by atoms with Crippen LogP contribution >= 0.6 is 15.9 Å². The highest BCUT2D eigenvalue weighted by Crippen LogP contribution is 2.28. The fourth-order valence-electron chi connectivity index (χ4n) is 2.25. The summed E-state index contributed by atoms with van der Waals surface area (Å²) in [6, 6.07) is 15.2. The molecule has 0 aliphatic carbocycles. The Morgan fingerprint density at radius 3 is 2.43 bits per heavy atom. The zero-order chi connectivity index (χ0) is 16.2. The number of ether oxygens (including phenoxy) is 2. The molecule has 1 heterocycles. The molecular formula is C19H15BrO3. The first-order valence-electron chi connectivity index (χ1n) is 7.30. The van der Waals surface area contributed by atoms with Crippen molar-refractivity contribution in [3.63, 3.8) is 0 Å². The van der Waals surface area contributed by atoms with E-state index in [1.165, 1.54) is 0 Å².